The van der Waals surface area contributed by atoms with Gasteiger partial charge in [0, 0.05) is 13.6 Å². The second-order valence-electron chi connectivity index (χ2n) is 6.58. The maximum Gasteiger partial charge on any atom is 0.265 e. The third-order valence-electron chi connectivity index (χ3n) is 4.67. The van der Waals surface area contributed by atoms with Gasteiger partial charge in [-0.05, 0) is 43.3 Å². The summed E-state index contributed by atoms with van der Waals surface area (Å²) in [6.45, 7) is 1.83. The number of sulfonamides is 1. The lowest BCUT2D eigenvalue weighted by molar-refractivity contribution is 0.0992. The van der Waals surface area contributed by atoms with E-state index < -0.39 is 21.7 Å². The molecule has 0 spiro atoms. The molecule has 0 saturated carbocycles. The third-order valence-corrected chi connectivity index (χ3v) is 7.35. The molecule has 0 aliphatic heterocycles. The number of benzene rings is 3. The molecule has 0 heterocycles. The monoisotopic (exact) mass is 480 g/mol. The SMILES string of the molecule is CCN(c1ccccc1)S(=O)(=O)c1cc(C(=O)N(C)c2ccccc2F)c(Cl)cc1Cl. The zero-order valence-electron chi connectivity index (χ0n) is 16.7. The lowest BCUT2D eigenvalue weighted by Gasteiger charge is -2.24. The summed E-state index contributed by atoms with van der Waals surface area (Å²) in [4.78, 5) is 13.8. The van der Waals surface area contributed by atoms with E-state index in [-0.39, 0.29) is 32.7 Å². The van der Waals surface area contributed by atoms with Crippen LogP contribution in [0.1, 0.15) is 17.3 Å². The van der Waals surface area contributed by atoms with Crippen LogP contribution in [0, 0.1) is 5.82 Å². The van der Waals surface area contributed by atoms with E-state index in [1.807, 2.05) is 0 Å². The normalized spacial score (nSPS) is 11.3. The minimum Gasteiger partial charge on any atom is -0.309 e. The van der Waals surface area contributed by atoms with Crippen LogP contribution in [-0.2, 0) is 10.0 Å². The molecule has 0 fully saturated rings. The number of para-hydroxylation sites is 2. The lowest BCUT2D eigenvalue weighted by atomic mass is 10.2. The largest absolute Gasteiger partial charge is 0.309 e. The van der Waals surface area contributed by atoms with Gasteiger partial charge in [-0.1, -0.05) is 53.5 Å². The quantitative estimate of drug-likeness (QED) is 0.459. The van der Waals surface area contributed by atoms with Crippen LogP contribution in [0.4, 0.5) is 15.8 Å². The average Bonchev–Trinajstić information content (AvgIpc) is 2.74. The van der Waals surface area contributed by atoms with E-state index in [9.17, 15) is 17.6 Å². The van der Waals surface area contributed by atoms with Crippen molar-refractivity contribution in [1.82, 2.24) is 0 Å². The van der Waals surface area contributed by atoms with Crippen molar-refractivity contribution in [3.05, 3.63) is 88.2 Å². The number of carbonyl (C=O) groups excluding carboxylic acids is 1. The van der Waals surface area contributed by atoms with Crippen molar-refractivity contribution >= 4 is 50.5 Å². The lowest BCUT2D eigenvalue weighted by Crippen LogP contribution is -2.32. The molecule has 0 aliphatic rings. The molecule has 5 nitrogen and oxygen atoms in total. The molecule has 0 radical (unpaired) electrons. The fourth-order valence-electron chi connectivity index (χ4n) is 3.11. The Labute approximate surface area is 190 Å². The van der Waals surface area contributed by atoms with Crippen LogP contribution in [0.5, 0.6) is 0 Å². The first-order valence-electron chi connectivity index (χ1n) is 9.28. The Morgan fingerprint density at radius 2 is 1.58 bits per heavy atom. The number of anilines is 2. The van der Waals surface area contributed by atoms with Crippen molar-refractivity contribution in [2.24, 2.45) is 0 Å². The summed E-state index contributed by atoms with van der Waals surface area (Å²) < 4.78 is 42.1. The van der Waals surface area contributed by atoms with Gasteiger partial charge in [0.05, 0.1) is 27.0 Å². The third kappa shape index (κ3) is 4.54. The van der Waals surface area contributed by atoms with Gasteiger partial charge < -0.3 is 4.90 Å². The Hall–Kier alpha value is -2.61. The predicted octanol–water partition coefficient (Wildman–Crippen LogP) is 5.62. The van der Waals surface area contributed by atoms with Crippen LogP contribution in [0.25, 0.3) is 0 Å². The summed E-state index contributed by atoms with van der Waals surface area (Å²) in [5, 5.41) is -0.163. The zero-order valence-corrected chi connectivity index (χ0v) is 19.0. The maximum atomic E-state index is 14.1. The highest BCUT2D eigenvalue weighted by molar-refractivity contribution is 7.93. The second-order valence-corrected chi connectivity index (χ2v) is 9.23. The minimum atomic E-state index is -4.11. The maximum absolute atomic E-state index is 14.1. The summed E-state index contributed by atoms with van der Waals surface area (Å²) in [7, 11) is -2.73. The summed E-state index contributed by atoms with van der Waals surface area (Å²) in [5.41, 5.74) is 0.370. The molecule has 0 N–H and O–H groups in total. The molecular formula is C22H19Cl2FN2O3S. The van der Waals surface area contributed by atoms with Crippen molar-refractivity contribution in [2.45, 2.75) is 11.8 Å². The van der Waals surface area contributed by atoms with Gasteiger partial charge in [0.2, 0.25) is 0 Å². The van der Waals surface area contributed by atoms with Gasteiger partial charge in [-0.3, -0.25) is 9.10 Å². The van der Waals surface area contributed by atoms with Crippen molar-refractivity contribution < 1.29 is 17.6 Å². The second kappa shape index (κ2) is 9.26. The molecule has 31 heavy (non-hydrogen) atoms. The first-order chi connectivity index (χ1) is 14.7. The Morgan fingerprint density at radius 3 is 2.19 bits per heavy atom. The van der Waals surface area contributed by atoms with E-state index in [4.69, 9.17) is 23.2 Å². The molecule has 0 atom stereocenters. The van der Waals surface area contributed by atoms with Gasteiger partial charge in [-0.15, -0.1) is 0 Å². The van der Waals surface area contributed by atoms with Crippen LogP contribution >= 0.6 is 23.2 Å². The van der Waals surface area contributed by atoms with Gasteiger partial charge in [0.15, 0.2) is 0 Å². The summed E-state index contributed by atoms with van der Waals surface area (Å²) in [5.74, 6) is -1.27. The van der Waals surface area contributed by atoms with E-state index in [0.717, 1.165) is 11.0 Å². The van der Waals surface area contributed by atoms with Gasteiger partial charge in [-0.2, -0.15) is 0 Å². The molecule has 162 valence electrons. The molecular weight excluding hydrogens is 462 g/mol. The van der Waals surface area contributed by atoms with Crippen molar-refractivity contribution in [3.63, 3.8) is 0 Å². The molecule has 0 aromatic heterocycles. The van der Waals surface area contributed by atoms with Crippen molar-refractivity contribution in [3.8, 4) is 0 Å². The first-order valence-corrected chi connectivity index (χ1v) is 11.5. The van der Waals surface area contributed by atoms with Crippen LogP contribution < -0.4 is 9.21 Å². The van der Waals surface area contributed by atoms with Gasteiger partial charge in [0.1, 0.15) is 10.7 Å². The smallest absolute Gasteiger partial charge is 0.265 e. The average molecular weight is 481 g/mol. The molecule has 3 aromatic carbocycles. The highest BCUT2D eigenvalue weighted by Gasteiger charge is 2.29. The van der Waals surface area contributed by atoms with E-state index in [2.05, 4.69) is 0 Å². The topological polar surface area (TPSA) is 57.7 Å². The van der Waals surface area contributed by atoms with E-state index in [1.165, 1.54) is 35.6 Å². The van der Waals surface area contributed by atoms with Crippen LogP contribution in [0.3, 0.4) is 0 Å². The molecule has 0 saturated heterocycles. The molecule has 3 rings (SSSR count). The Bertz CT molecular complexity index is 1220. The number of hydrogen-bond donors (Lipinski definition) is 0. The molecule has 9 heteroatoms. The van der Waals surface area contributed by atoms with Gasteiger partial charge in [0.25, 0.3) is 15.9 Å². The highest BCUT2D eigenvalue weighted by Crippen LogP contribution is 2.33. The van der Waals surface area contributed by atoms with Crippen LogP contribution in [-0.4, -0.2) is 27.9 Å². The number of hydrogen-bond acceptors (Lipinski definition) is 3. The first kappa shape index (κ1) is 23.1. The van der Waals surface area contributed by atoms with E-state index >= 15 is 0 Å². The number of rotatable bonds is 6. The fourth-order valence-corrected chi connectivity index (χ4v) is 5.41. The molecule has 3 aromatic rings. The molecule has 0 unspecified atom stereocenters. The molecule has 0 aliphatic carbocycles. The van der Waals surface area contributed by atoms with Gasteiger partial charge in [-0.25, -0.2) is 12.8 Å². The fraction of sp³-hybridized carbons (Fsp3) is 0.136. The summed E-state index contributed by atoms with van der Waals surface area (Å²) in [6.07, 6.45) is 0. The summed E-state index contributed by atoms with van der Waals surface area (Å²) in [6, 6.07) is 16.6. The standard InChI is InChI=1S/C22H19Cl2FN2O3S/c1-3-27(15-9-5-4-6-10-15)31(29,30)21-13-16(17(23)14-18(21)24)22(28)26(2)20-12-8-7-11-19(20)25/h4-14H,3H2,1-2H3. The Kier molecular flexibility index (Phi) is 6.89. The van der Waals surface area contributed by atoms with E-state index in [0.29, 0.717) is 5.69 Å². The number of halogens is 3. The molecule has 1 amide bonds. The zero-order chi connectivity index (χ0) is 22.8. The van der Waals surface area contributed by atoms with E-state index in [1.54, 1.807) is 43.3 Å². The molecule has 0 bridgehead atoms. The van der Waals surface area contributed by atoms with Crippen molar-refractivity contribution in [2.75, 3.05) is 22.8 Å². The van der Waals surface area contributed by atoms with Crippen molar-refractivity contribution in [1.29, 1.82) is 0 Å². The number of amides is 1. The Balaban J connectivity index is 2.09. The predicted molar refractivity (Wildman–Crippen MR) is 122 cm³/mol. The number of nitrogens with zero attached hydrogens (tertiary/aromatic N) is 2. The highest BCUT2D eigenvalue weighted by atomic mass is 35.5. The van der Waals surface area contributed by atoms with Crippen LogP contribution in [0.15, 0.2) is 71.6 Å². The number of carbonyl (C=O) groups is 1. The summed E-state index contributed by atoms with van der Waals surface area (Å²) >= 11 is 12.4. The van der Waals surface area contributed by atoms with Crippen LogP contribution in [0.2, 0.25) is 10.0 Å². The Morgan fingerprint density at radius 1 is 0.968 bits per heavy atom. The van der Waals surface area contributed by atoms with Gasteiger partial charge >= 0.3 is 0 Å². The minimum absolute atomic E-state index is 0.0300.